The maximum absolute atomic E-state index is 14.2. The van der Waals surface area contributed by atoms with E-state index in [1.807, 2.05) is 26.8 Å². The predicted molar refractivity (Wildman–Crippen MR) is 145 cm³/mol. The van der Waals surface area contributed by atoms with Crippen LogP contribution in [0.5, 0.6) is 0 Å². The summed E-state index contributed by atoms with van der Waals surface area (Å²) in [5, 5.41) is 16.1. The minimum absolute atomic E-state index is 0.121. The van der Waals surface area contributed by atoms with Crippen molar-refractivity contribution in [1.29, 1.82) is 0 Å². The topological polar surface area (TPSA) is 87.8 Å². The lowest BCUT2D eigenvalue weighted by Gasteiger charge is -2.37. The number of benzene rings is 2. The van der Waals surface area contributed by atoms with Gasteiger partial charge in [-0.05, 0) is 51.1 Å². The van der Waals surface area contributed by atoms with Gasteiger partial charge in [0.1, 0.15) is 11.6 Å². The minimum Gasteiger partial charge on any atom is -0.354 e. The average Bonchev–Trinajstić information content (AvgIpc) is 3.26. The highest BCUT2D eigenvalue weighted by Gasteiger charge is 2.30. The van der Waals surface area contributed by atoms with Crippen LogP contribution < -0.4 is 4.90 Å². The summed E-state index contributed by atoms with van der Waals surface area (Å²) in [5.74, 6) is 0.229. The number of aromatic nitrogens is 2. The van der Waals surface area contributed by atoms with Crippen LogP contribution in [0.15, 0.2) is 48.5 Å². The Kier molecular flexibility index (Phi) is 8.41. The zero-order valence-electron chi connectivity index (χ0n) is 22.4. The molecule has 0 spiro atoms. The number of halogens is 1. The number of carbonyl (C=O) groups is 1. The first kappa shape index (κ1) is 27.3. The molecular formula is C28H35FN6O3. The van der Waals surface area contributed by atoms with Gasteiger partial charge in [0, 0.05) is 55.5 Å². The van der Waals surface area contributed by atoms with Crippen LogP contribution in [0, 0.1) is 22.9 Å². The first-order valence-electron chi connectivity index (χ1n) is 13.1. The number of nitro groups is 1. The summed E-state index contributed by atoms with van der Waals surface area (Å²) >= 11 is 0. The Hall–Kier alpha value is -3.79. The van der Waals surface area contributed by atoms with E-state index in [0.29, 0.717) is 12.1 Å². The molecule has 0 saturated carbocycles. The lowest BCUT2D eigenvalue weighted by Crippen LogP contribution is -2.47. The Morgan fingerprint density at radius 1 is 1.13 bits per heavy atom. The molecule has 1 aromatic heterocycles. The van der Waals surface area contributed by atoms with Gasteiger partial charge in [0.05, 0.1) is 22.8 Å². The maximum Gasteiger partial charge on any atom is 0.270 e. The van der Waals surface area contributed by atoms with Gasteiger partial charge >= 0.3 is 0 Å². The maximum atomic E-state index is 14.2. The average molecular weight is 523 g/mol. The summed E-state index contributed by atoms with van der Waals surface area (Å²) in [6, 6.07) is 12.1. The molecule has 1 saturated heterocycles. The highest BCUT2D eigenvalue weighted by atomic mass is 19.1. The van der Waals surface area contributed by atoms with Crippen LogP contribution in [0.3, 0.4) is 0 Å². The van der Waals surface area contributed by atoms with Crippen LogP contribution >= 0.6 is 0 Å². The number of likely N-dealkylation sites (N-methyl/N-ethyl adjacent to an activating group) is 1. The molecule has 1 atom stereocenters. The van der Waals surface area contributed by atoms with Crippen LogP contribution in [0.1, 0.15) is 48.8 Å². The number of hydrogen-bond acceptors (Lipinski definition) is 6. The monoisotopic (exact) mass is 522 g/mol. The third kappa shape index (κ3) is 5.70. The van der Waals surface area contributed by atoms with Gasteiger partial charge in [-0.1, -0.05) is 26.0 Å². The van der Waals surface area contributed by atoms with Gasteiger partial charge in [-0.2, -0.15) is 5.10 Å². The molecule has 38 heavy (non-hydrogen) atoms. The lowest BCUT2D eigenvalue weighted by atomic mass is 10.1. The summed E-state index contributed by atoms with van der Waals surface area (Å²) < 4.78 is 16.0. The van der Waals surface area contributed by atoms with Crippen LogP contribution in [0.2, 0.25) is 0 Å². The number of non-ortho nitro benzene ring substituents is 1. The fourth-order valence-corrected chi connectivity index (χ4v) is 4.86. The van der Waals surface area contributed by atoms with Crippen molar-refractivity contribution in [3.05, 3.63) is 81.3 Å². The smallest absolute Gasteiger partial charge is 0.270 e. The van der Waals surface area contributed by atoms with Gasteiger partial charge in [-0.15, -0.1) is 0 Å². The first-order chi connectivity index (χ1) is 18.2. The molecule has 1 amide bonds. The number of aryl methyl sites for hydroxylation is 1. The van der Waals surface area contributed by atoms with Crippen LogP contribution in [0.4, 0.5) is 15.9 Å². The number of rotatable bonds is 9. The molecule has 1 aliphatic heterocycles. The molecule has 0 aliphatic carbocycles. The zero-order chi connectivity index (χ0) is 27.4. The Bertz CT molecular complexity index is 1300. The van der Waals surface area contributed by atoms with E-state index in [2.05, 4.69) is 16.7 Å². The van der Waals surface area contributed by atoms with Crippen molar-refractivity contribution in [3.63, 3.8) is 0 Å². The van der Waals surface area contributed by atoms with E-state index in [4.69, 9.17) is 5.10 Å². The highest BCUT2D eigenvalue weighted by molar-refractivity contribution is 5.95. The van der Waals surface area contributed by atoms with Crippen molar-refractivity contribution in [2.75, 3.05) is 37.6 Å². The van der Waals surface area contributed by atoms with Crippen LogP contribution in [-0.2, 0) is 6.54 Å². The molecule has 0 radical (unpaired) electrons. The molecule has 1 aliphatic rings. The summed E-state index contributed by atoms with van der Waals surface area (Å²) in [6.07, 6.45) is 0.711. The summed E-state index contributed by atoms with van der Waals surface area (Å²) in [7, 11) is 0. The van der Waals surface area contributed by atoms with Crippen molar-refractivity contribution in [3.8, 4) is 5.69 Å². The van der Waals surface area contributed by atoms with E-state index in [0.717, 1.165) is 49.8 Å². The normalized spacial score (nSPS) is 14.9. The van der Waals surface area contributed by atoms with Crippen molar-refractivity contribution in [2.24, 2.45) is 0 Å². The standard InChI is InChI=1S/C28H35FN6O3/c1-5-20(3)33(28(36)22-9-7-12-25(17-22)35(37)38)19-26-21(4)30-34(24-11-8-10-23(29)18-24)27(26)32-15-13-31(6-2)14-16-32/h7-12,17-18,20H,5-6,13-16,19H2,1-4H3/t20-/m0/s1. The van der Waals surface area contributed by atoms with E-state index in [1.165, 1.54) is 30.3 Å². The second-order valence-electron chi connectivity index (χ2n) is 9.70. The van der Waals surface area contributed by atoms with Crippen molar-refractivity contribution >= 4 is 17.4 Å². The second kappa shape index (κ2) is 11.7. The summed E-state index contributed by atoms with van der Waals surface area (Å²) in [6.45, 7) is 12.6. The quantitative estimate of drug-likeness (QED) is 0.296. The van der Waals surface area contributed by atoms with Crippen molar-refractivity contribution < 1.29 is 14.1 Å². The molecule has 9 nitrogen and oxygen atoms in total. The number of carbonyl (C=O) groups excluding carboxylic acids is 1. The van der Waals surface area contributed by atoms with Gasteiger partial charge in [-0.3, -0.25) is 14.9 Å². The molecule has 3 aromatic rings. The van der Waals surface area contributed by atoms with Gasteiger partial charge in [-0.25, -0.2) is 9.07 Å². The van der Waals surface area contributed by atoms with E-state index in [1.54, 1.807) is 21.7 Å². The molecule has 0 N–H and O–H groups in total. The third-order valence-corrected chi connectivity index (χ3v) is 7.35. The fourth-order valence-electron chi connectivity index (χ4n) is 4.86. The number of anilines is 1. The van der Waals surface area contributed by atoms with Crippen molar-refractivity contribution in [2.45, 2.75) is 46.7 Å². The second-order valence-corrected chi connectivity index (χ2v) is 9.70. The number of piperazine rings is 1. The Morgan fingerprint density at radius 3 is 2.47 bits per heavy atom. The Morgan fingerprint density at radius 2 is 1.84 bits per heavy atom. The molecule has 4 rings (SSSR count). The largest absolute Gasteiger partial charge is 0.354 e. The molecule has 0 bridgehead atoms. The van der Waals surface area contributed by atoms with E-state index < -0.39 is 4.92 Å². The first-order valence-corrected chi connectivity index (χ1v) is 13.1. The van der Waals surface area contributed by atoms with Crippen LogP contribution in [0.25, 0.3) is 5.69 Å². The lowest BCUT2D eigenvalue weighted by molar-refractivity contribution is -0.384. The number of nitrogens with zero attached hydrogens (tertiary/aromatic N) is 6. The number of hydrogen-bond donors (Lipinski definition) is 0. The molecular weight excluding hydrogens is 487 g/mol. The number of amides is 1. The van der Waals surface area contributed by atoms with Gasteiger partial charge in [0.2, 0.25) is 0 Å². The van der Waals surface area contributed by atoms with E-state index >= 15 is 0 Å². The summed E-state index contributed by atoms with van der Waals surface area (Å²) in [5.41, 5.74) is 2.41. The fraction of sp³-hybridized carbons (Fsp3) is 0.429. The van der Waals surface area contributed by atoms with Gasteiger partial charge < -0.3 is 14.7 Å². The Labute approximate surface area is 222 Å². The third-order valence-electron chi connectivity index (χ3n) is 7.35. The molecule has 2 heterocycles. The molecule has 1 fully saturated rings. The molecule has 2 aromatic carbocycles. The SMILES string of the molecule is CC[C@H](C)N(Cc1c(C)nn(-c2cccc(F)c2)c1N1CCN(CC)CC1)C(=O)c1cccc([N+](=O)[O-])c1. The van der Waals surface area contributed by atoms with E-state index in [-0.39, 0.29) is 35.6 Å². The highest BCUT2D eigenvalue weighted by Crippen LogP contribution is 2.31. The predicted octanol–water partition coefficient (Wildman–Crippen LogP) is 4.81. The van der Waals surface area contributed by atoms with Gasteiger partial charge in [0.25, 0.3) is 11.6 Å². The minimum atomic E-state index is -0.494. The molecule has 10 heteroatoms. The van der Waals surface area contributed by atoms with Crippen molar-refractivity contribution in [1.82, 2.24) is 19.6 Å². The Balaban J connectivity index is 1.77. The number of nitro benzene ring substituents is 1. The summed E-state index contributed by atoms with van der Waals surface area (Å²) in [4.78, 5) is 31.0. The molecule has 202 valence electrons. The van der Waals surface area contributed by atoms with Gasteiger partial charge in [0.15, 0.2) is 0 Å². The zero-order valence-corrected chi connectivity index (χ0v) is 22.4. The van der Waals surface area contributed by atoms with Crippen LogP contribution in [-0.4, -0.2) is 69.2 Å². The molecule has 0 unspecified atom stereocenters. The van der Waals surface area contributed by atoms with E-state index in [9.17, 15) is 19.3 Å².